The number of hydrogen-bond acceptors (Lipinski definition) is 6. The Bertz CT molecular complexity index is 1020. The molecule has 0 spiro atoms. The Labute approximate surface area is 206 Å². The molecule has 4 rings (SSSR count). The monoisotopic (exact) mass is 511 g/mol. The summed E-state index contributed by atoms with van der Waals surface area (Å²) >= 11 is 5.88. The van der Waals surface area contributed by atoms with E-state index in [1.54, 1.807) is 0 Å². The van der Waals surface area contributed by atoms with Crippen molar-refractivity contribution in [2.75, 3.05) is 25.1 Å². The summed E-state index contributed by atoms with van der Waals surface area (Å²) in [5.41, 5.74) is 4.14. The van der Waals surface area contributed by atoms with Crippen molar-refractivity contribution in [3.63, 3.8) is 0 Å². The smallest absolute Gasteiger partial charge is 0.267 e. The van der Waals surface area contributed by atoms with E-state index in [1.165, 1.54) is 0 Å². The van der Waals surface area contributed by atoms with Crippen molar-refractivity contribution < 1.29 is 27.9 Å². The summed E-state index contributed by atoms with van der Waals surface area (Å²) < 4.78 is 32.9. The van der Waals surface area contributed by atoms with Crippen LogP contribution in [0.1, 0.15) is 38.5 Å². The Morgan fingerprint density at radius 1 is 1.20 bits per heavy atom. The summed E-state index contributed by atoms with van der Waals surface area (Å²) in [5, 5.41) is 8.04. The van der Waals surface area contributed by atoms with Gasteiger partial charge in [-0.25, -0.2) is 8.78 Å². The van der Waals surface area contributed by atoms with Gasteiger partial charge in [0.05, 0.1) is 23.5 Å². The predicted molar refractivity (Wildman–Crippen MR) is 125 cm³/mol. The number of hydrogen-bond donors (Lipinski definition) is 4. The number of benzene rings is 1. The maximum atomic E-state index is 14.1. The molecule has 5 N–H and O–H groups in total. The first-order chi connectivity index (χ1) is 16.7. The first kappa shape index (κ1) is 25.5. The second-order valence-corrected chi connectivity index (χ2v) is 9.55. The van der Waals surface area contributed by atoms with Gasteiger partial charge in [0, 0.05) is 25.1 Å². The van der Waals surface area contributed by atoms with Crippen molar-refractivity contribution in [3.05, 3.63) is 28.8 Å². The highest BCUT2D eigenvalue weighted by Crippen LogP contribution is 2.39. The summed E-state index contributed by atoms with van der Waals surface area (Å²) in [4.78, 5) is 42.6. The molecule has 1 saturated carbocycles. The van der Waals surface area contributed by atoms with Gasteiger partial charge in [0.1, 0.15) is 17.1 Å². The van der Waals surface area contributed by atoms with Crippen LogP contribution in [0.15, 0.2) is 17.1 Å². The summed E-state index contributed by atoms with van der Waals surface area (Å²) in [6, 6.07) is 1.57. The van der Waals surface area contributed by atoms with Gasteiger partial charge in [-0.15, -0.1) is 0 Å². The number of rotatable bonds is 7. The minimum Gasteiger partial charge on any atom is -0.376 e. The minimum atomic E-state index is -1.44. The fourth-order valence-corrected chi connectivity index (χ4v) is 5.46. The van der Waals surface area contributed by atoms with Crippen LogP contribution >= 0.6 is 11.6 Å². The van der Waals surface area contributed by atoms with Crippen molar-refractivity contribution in [3.8, 4) is 0 Å². The molecule has 1 aromatic rings. The number of amides is 3. The second kappa shape index (κ2) is 10.5. The number of carbonyl (C=O) groups is 3. The molecule has 0 aromatic heterocycles. The van der Waals surface area contributed by atoms with Crippen LogP contribution in [-0.4, -0.2) is 54.9 Å². The molecule has 1 aliphatic carbocycles. The molecular formula is C23H28ClF2N5O4. The SMILES string of the molecule is NC(=O)C1(C2CCC(C(=O)Nc3c(F)cc(F)cc3Cl)CC2)NCN=C1C(=O)NC[C@H]1CCCO1. The number of nitrogens with zero attached hydrogens (tertiary/aromatic N) is 1. The molecule has 2 aliphatic heterocycles. The Balaban J connectivity index is 1.40. The third-order valence-electron chi connectivity index (χ3n) is 7.05. The average molecular weight is 512 g/mol. The standard InChI is InChI=1S/C23H28ClF2N5O4/c24-16-8-14(25)9-17(26)18(16)31-20(32)12-3-5-13(6-4-12)23(22(27)34)19(29-11-30-23)21(33)28-10-15-2-1-7-35-15/h8-9,12-13,15,30H,1-7,10-11H2,(H2,27,34)(H,28,33)(H,31,32)/t12?,13?,15-,23?/m1/s1. The lowest BCUT2D eigenvalue weighted by Crippen LogP contribution is -2.66. The topological polar surface area (TPSA) is 135 Å². The van der Waals surface area contributed by atoms with E-state index in [1.807, 2.05) is 0 Å². The zero-order chi connectivity index (χ0) is 25.2. The molecule has 0 bridgehead atoms. The summed E-state index contributed by atoms with van der Waals surface area (Å²) in [7, 11) is 0. The van der Waals surface area contributed by atoms with Crippen molar-refractivity contribution in [2.45, 2.75) is 50.2 Å². The summed E-state index contributed by atoms with van der Waals surface area (Å²) in [6.45, 7) is 1.06. The van der Waals surface area contributed by atoms with Crippen molar-refractivity contribution in [2.24, 2.45) is 22.6 Å². The first-order valence-electron chi connectivity index (χ1n) is 11.7. The van der Waals surface area contributed by atoms with Crippen LogP contribution in [-0.2, 0) is 19.1 Å². The lowest BCUT2D eigenvalue weighted by atomic mass is 9.69. The number of nitrogens with two attached hydrogens (primary N) is 1. The molecule has 2 atom stereocenters. The van der Waals surface area contributed by atoms with E-state index in [-0.39, 0.29) is 35.1 Å². The van der Waals surface area contributed by atoms with Gasteiger partial charge in [-0.05, 0) is 50.5 Å². The third kappa shape index (κ3) is 5.17. The second-order valence-electron chi connectivity index (χ2n) is 9.14. The van der Waals surface area contributed by atoms with Gasteiger partial charge < -0.3 is 21.1 Å². The highest BCUT2D eigenvalue weighted by atomic mass is 35.5. The maximum absolute atomic E-state index is 14.1. The van der Waals surface area contributed by atoms with E-state index in [9.17, 15) is 23.2 Å². The number of halogens is 3. The zero-order valence-corrected chi connectivity index (χ0v) is 19.8. The molecule has 12 heteroatoms. The van der Waals surface area contributed by atoms with Crippen LogP contribution < -0.4 is 21.7 Å². The van der Waals surface area contributed by atoms with E-state index < -0.39 is 40.8 Å². The molecule has 1 aromatic carbocycles. The van der Waals surface area contributed by atoms with Crippen LogP contribution in [0.2, 0.25) is 5.02 Å². The van der Waals surface area contributed by atoms with E-state index in [0.717, 1.165) is 18.9 Å². The highest BCUT2D eigenvalue weighted by molar-refractivity contribution is 6.47. The lowest BCUT2D eigenvalue weighted by Gasteiger charge is -2.39. The maximum Gasteiger partial charge on any atom is 0.267 e. The molecule has 35 heavy (non-hydrogen) atoms. The summed E-state index contributed by atoms with van der Waals surface area (Å²) in [6.07, 6.45) is 3.29. The molecule has 3 aliphatic rings. The van der Waals surface area contributed by atoms with Crippen LogP contribution in [0.3, 0.4) is 0 Å². The van der Waals surface area contributed by atoms with Crippen molar-refractivity contribution in [1.82, 2.24) is 10.6 Å². The molecule has 9 nitrogen and oxygen atoms in total. The molecule has 1 unspecified atom stereocenters. The van der Waals surface area contributed by atoms with Crippen molar-refractivity contribution in [1.29, 1.82) is 0 Å². The third-order valence-corrected chi connectivity index (χ3v) is 7.35. The largest absolute Gasteiger partial charge is 0.376 e. The van der Waals surface area contributed by atoms with Gasteiger partial charge in [-0.1, -0.05) is 11.6 Å². The van der Waals surface area contributed by atoms with Gasteiger partial charge in [-0.3, -0.25) is 24.7 Å². The van der Waals surface area contributed by atoms with Crippen LogP contribution in [0.4, 0.5) is 14.5 Å². The fourth-order valence-electron chi connectivity index (χ4n) is 5.22. The van der Waals surface area contributed by atoms with E-state index in [0.29, 0.717) is 44.9 Å². The molecule has 190 valence electrons. The quantitative estimate of drug-likeness (QED) is 0.443. The number of carbonyl (C=O) groups excluding carboxylic acids is 3. The van der Waals surface area contributed by atoms with Crippen LogP contribution in [0.25, 0.3) is 0 Å². The Morgan fingerprint density at radius 3 is 2.57 bits per heavy atom. The zero-order valence-electron chi connectivity index (χ0n) is 19.0. The lowest BCUT2D eigenvalue weighted by molar-refractivity contribution is -0.126. The van der Waals surface area contributed by atoms with E-state index in [4.69, 9.17) is 22.1 Å². The van der Waals surface area contributed by atoms with Gasteiger partial charge in [0.2, 0.25) is 11.8 Å². The van der Waals surface area contributed by atoms with Gasteiger partial charge in [0.15, 0.2) is 5.82 Å². The minimum absolute atomic E-state index is 0.0519. The number of nitrogens with one attached hydrogen (secondary N) is 3. The summed E-state index contributed by atoms with van der Waals surface area (Å²) in [5.74, 6) is -4.26. The average Bonchev–Trinajstić information content (AvgIpc) is 3.50. The predicted octanol–water partition coefficient (Wildman–Crippen LogP) is 1.88. The van der Waals surface area contributed by atoms with Gasteiger partial charge in [-0.2, -0.15) is 0 Å². The van der Waals surface area contributed by atoms with E-state index in [2.05, 4.69) is 20.9 Å². The first-order valence-corrected chi connectivity index (χ1v) is 12.0. The Kier molecular flexibility index (Phi) is 7.67. The molecule has 1 saturated heterocycles. The van der Waals surface area contributed by atoms with Gasteiger partial charge >= 0.3 is 0 Å². The number of primary amides is 1. The number of ether oxygens (including phenoxy) is 1. The molecular weight excluding hydrogens is 484 g/mol. The number of aliphatic imine (C=N–C) groups is 1. The molecule has 3 amide bonds. The molecule has 2 fully saturated rings. The van der Waals surface area contributed by atoms with Gasteiger partial charge in [0.25, 0.3) is 5.91 Å². The van der Waals surface area contributed by atoms with Crippen LogP contribution in [0, 0.1) is 23.5 Å². The normalized spacial score (nSPS) is 28.4. The highest BCUT2D eigenvalue weighted by Gasteiger charge is 2.54. The number of anilines is 1. The Morgan fingerprint density at radius 2 is 1.94 bits per heavy atom. The molecule has 0 radical (unpaired) electrons. The van der Waals surface area contributed by atoms with Crippen LogP contribution in [0.5, 0.6) is 0 Å². The fraction of sp³-hybridized carbons (Fsp3) is 0.565. The Hall–Kier alpha value is -2.63. The van der Waals surface area contributed by atoms with Crippen molar-refractivity contribution >= 4 is 40.7 Å². The van der Waals surface area contributed by atoms with E-state index >= 15 is 0 Å². The molecule has 2 heterocycles.